The zero-order chi connectivity index (χ0) is 12.8. The van der Waals surface area contributed by atoms with Gasteiger partial charge in [0.05, 0.1) is 12.6 Å². The SMILES string of the molecule is CC(C)CN(CCC#N)CC(=O)N(C)C1CC1. The maximum atomic E-state index is 12.0. The summed E-state index contributed by atoms with van der Waals surface area (Å²) in [6, 6.07) is 2.61. The van der Waals surface area contributed by atoms with Gasteiger partial charge in [-0.15, -0.1) is 0 Å². The lowest BCUT2D eigenvalue weighted by Crippen LogP contribution is -2.41. The molecule has 0 N–H and O–H groups in total. The minimum Gasteiger partial charge on any atom is -0.342 e. The molecule has 0 heterocycles. The fourth-order valence-corrected chi connectivity index (χ4v) is 1.93. The number of nitrogens with zero attached hydrogens (tertiary/aromatic N) is 3. The Bertz CT molecular complexity index is 292. The van der Waals surface area contributed by atoms with Gasteiger partial charge in [0.25, 0.3) is 0 Å². The maximum absolute atomic E-state index is 12.0. The first kappa shape index (κ1) is 14.0. The van der Waals surface area contributed by atoms with E-state index in [-0.39, 0.29) is 5.91 Å². The van der Waals surface area contributed by atoms with Gasteiger partial charge >= 0.3 is 0 Å². The van der Waals surface area contributed by atoms with Crippen molar-refractivity contribution in [2.45, 2.75) is 39.2 Å². The number of nitriles is 1. The normalized spacial score (nSPS) is 15.1. The lowest BCUT2D eigenvalue weighted by Gasteiger charge is -2.25. The van der Waals surface area contributed by atoms with Gasteiger partial charge in [-0.05, 0) is 18.8 Å². The number of hydrogen-bond donors (Lipinski definition) is 0. The molecule has 0 bridgehead atoms. The van der Waals surface area contributed by atoms with E-state index in [0.717, 1.165) is 19.4 Å². The van der Waals surface area contributed by atoms with E-state index in [9.17, 15) is 4.79 Å². The summed E-state index contributed by atoms with van der Waals surface area (Å²) in [4.78, 5) is 15.9. The molecule has 1 aliphatic carbocycles. The van der Waals surface area contributed by atoms with Crippen LogP contribution < -0.4 is 0 Å². The third-order valence-electron chi connectivity index (χ3n) is 3.01. The third kappa shape index (κ3) is 5.18. The van der Waals surface area contributed by atoms with Crippen molar-refractivity contribution in [3.05, 3.63) is 0 Å². The van der Waals surface area contributed by atoms with Gasteiger partial charge in [0.2, 0.25) is 5.91 Å². The number of hydrogen-bond acceptors (Lipinski definition) is 3. The van der Waals surface area contributed by atoms with Gasteiger partial charge in [-0.25, -0.2) is 0 Å². The molecular weight excluding hydrogens is 214 g/mol. The van der Waals surface area contributed by atoms with E-state index in [0.29, 0.717) is 31.5 Å². The molecule has 96 valence electrons. The fraction of sp³-hybridized carbons (Fsp3) is 0.846. The summed E-state index contributed by atoms with van der Waals surface area (Å²) < 4.78 is 0. The van der Waals surface area contributed by atoms with E-state index >= 15 is 0 Å². The smallest absolute Gasteiger partial charge is 0.236 e. The summed E-state index contributed by atoms with van der Waals surface area (Å²) in [6.07, 6.45) is 2.78. The van der Waals surface area contributed by atoms with Gasteiger partial charge in [0.1, 0.15) is 0 Å². The van der Waals surface area contributed by atoms with Crippen molar-refractivity contribution in [1.82, 2.24) is 9.80 Å². The molecule has 0 radical (unpaired) electrons. The van der Waals surface area contributed by atoms with Crippen LogP contribution in [0.5, 0.6) is 0 Å². The number of carbonyl (C=O) groups excluding carboxylic acids is 1. The number of amides is 1. The standard InChI is InChI=1S/C13H23N3O/c1-11(2)9-16(8-4-7-14)10-13(17)15(3)12-5-6-12/h11-12H,4-6,8-10H2,1-3H3. The van der Waals surface area contributed by atoms with Crippen molar-refractivity contribution in [2.24, 2.45) is 5.92 Å². The summed E-state index contributed by atoms with van der Waals surface area (Å²) in [7, 11) is 1.89. The molecule has 0 aliphatic heterocycles. The second kappa shape index (κ2) is 6.61. The van der Waals surface area contributed by atoms with Crippen molar-refractivity contribution in [3.63, 3.8) is 0 Å². The highest BCUT2D eigenvalue weighted by Gasteiger charge is 2.30. The molecule has 0 spiro atoms. The summed E-state index contributed by atoms with van der Waals surface area (Å²) in [5.41, 5.74) is 0. The van der Waals surface area contributed by atoms with E-state index in [1.54, 1.807) is 0 Å². The van der Waals surface area contributed by atoms with E-state index < -0.39 is 0 Å². The topological polar surface area (TPSA) is 47.3 Å². The van der Waals surface area contributed by atoms with Crippen LogP contribution in [0.2, 0.25) is 0 Å². The zero-order valence-electron chi connectivity index (χ0n) is 11.1. The lowest BCUT2D eigenvalue weighted by molar-refractivity contribution is -0.131. The molecular formula is C13H23N3O. The minimum absolute atomic E-state index is 0.186. The largest absolute Gasteiger partial charge is 0.342 e. The average Bonchev–Trinajstić information content (AvgIpc) is 3.07. The number of likely N-dealkylation sites (N-methyl/N-ethyl adjacent to an activating group) is 1. The monoisotopic (exact) mass is 237 g/mol. The van der Waals surface area contributed by atoms with Gasteiger partial charge in [-0.2, -0.15) is 5.26 Å². The first-order valence-electron chi connectivity index (χ1n) is 6.39. The highest BCUT2D eigenvalue weighted by atomic mass is 16.2. The molecule has 4 heteroatoms. The van der Waals surface area contributed by atoms with E-state index in [1.165, 1.54) is 0 Å². The van der Waals surface area contributed by atoms with Gasteiger partial charge in [0.15, 0.2) is 0 Å². The van der Waals surface area contributed by atoms with Crippen LogP contribution in [0.3, 0.4) is 0 Å². The Morgan fingerprint density at radius 2 is 2.12 bits per heavy atom. The quantitative estimate of drug-likeness (QED) is 0.674. The van der Waals surface area contributed by atoms with E-state index in [2.05, 4.69) is 24.8 Å². The Hall–Kier alpha value is -1.08. The predicted octanol–water partition coefficient (Wildman–Crippen LogP) is 1.48. The lowest BCUT2D eigenvalue weighted by atomic mass is 10.2. The second-order valence-corrected chi connectivity index (χ2v) is 5.27. The molecule has 0 saturated heterocycles. The van der Waals surface area contributed by atoms with E-state index in [1.807, 2.05) is 11.9 Å². The third-order valence-corrected chi connectivity index (χ3v) is 3.01. The number of carbonyl (C=O) groups is 1. The fourth-order valence-electron chi connectivity index (χ4n) is 1.93. The van der Waals surface area contributed by atoms with Gasteiger partial charge in [0, 0.05) is 32.6 Å². The molecule has 1 saturated carbocycles. The van der Waals surface area contributed by atoms with Crippen LogP contribution in [0.4, 0.5) is 0 Å². The van der Waals surface area contributed by atoms with Crippen molar-refractivity contribution in [3.8, 4) is 6.07 Å². The average molecular weight is 237 g/mol. The van der Waals surface area contributed by atoms with Crippen molar-refractivity contribution < 1.29 is 4.79 Å². The molecule has 0 aromatic carbocycles. The molecule has 0 unspecified atom stereocenters. The number of rotatable bonds is 7. The van der Waals surface area contributed by atoms with Crippen LogP contribution >= 0.6 is 0 Å². The highest BCUT2D eigenvalue weighted by Crippen LogP contribution is 2.25. The second-order valence-electron chi connectivity index (χ2n) is 5.27. The summed E-state index contributed by atoms with van der Waals surface area (Å²) in [6.45, 7) is 6.29. The zero-order valence-corrected chi connectivity index (χ0v) is 11.1. The Morgan fingerprint density at radius 1 is 1.47 bits per heavy atom. The Kier molecular flexibility index (Phi) is 5.43. The molecule has 1 rings (SSSR count). The van der Waals surface area contributed by atoms with Crippen LogP contribution in [-0.2, 0) is 4.79 Å². The highest BCUT2D eigenvalue weighted by molar-refractivity contribution is 5.78. The predicted molar refractivity (Wildman–Crippen MR) is 67.3 cm³/mol. The van der Waals surface area contributed by atoms with Gasteiger partial charge in [-0.1, -0.05) is 13.8 Å². The molecule has 0 aromatic rings. The summed E-state index contributed by atoms with van der Waals surface area (Å²) in [5, 5.41) is 8.62. The van der Waals surface area contributed by atoms with Gasteiger partial charge < -0.3 is 4.90 Å². The Balaban J connectivity index is 2.40. The summed E-state index contributed by atoms with van der Waals surface area (Å²) in [5.74, 6) is 0.707. The van der Waals surface area contributed by atoms with Crippen LogP contribution in [-0.4, -0.2) is 48.4 Å². The van der Waals surface area contributed by atoms with Crippen molar-refractivity contribution >= 4 is 5.91 Å². The molecule has 4 nitrogen and oxygen atoms in total. The first-order valence-corrected chi connectivity index (χ1v) is 6.39. The van der Waals surface area contributed by atoms with Crippen LogP contribution in [0.1, 0.15) is 33.1 Å². The van der Waals surface area contributed by atoms with Crippen LogP contribution in [0.15, 0.2) is 0 Å². The maximum Gasteiger partial charge on any atom is 0.236 e. The van der Waals surface area contributed by atoms with Crippen LogP contribution in [0, 0.1) is 17.2 Å². The van der Waals surface area contributed by atoms with E-state index in [4.69, 9.17) is 5.26 Å². The molecule has 0 atom stereocenters. The molecule has 1 aliphatic rings. The minimum atomic E-state index is 0.186. The van der Waals surface area contributed by atoms with Gasteiger partial charge in [-0.3, -0.25) is 9.69 Å². The molecule has 17 heavy (non-hydrogen) atoms. The first-order chi connectivity index (χ1) is 8.04. The molecule has 0 aromatic heterocycles. The molecule has 1 amide bonds. The molecule has 1 fully saturated rings. The van der Waals surface area contributed by atoms with Crippen LogP contribution in [0.25, 0.3) is 0 Å². The summed E-state index contributed by atoms with van der Waals surface area (Å²) >= 11 is 0. The van der Waals surface area contributed by atoms with Crippen molar-refractivity contribution in [2.75, 3.05) is 26.7 Å². The van der Waals surface area contributed by atoms with Crippen molar-refractivity contribution in [1.29, 1.82) is 5.26 Å². The Morgan fingerprint density at radius 3 is 2.59 bits per heavy atom. The Labute approximate surface area is 104 Å².